The number of aliphatic hydroxyl groups is 3. The maximum Gasteiger partial charge on any atom is 0.0757 e. The van der Waals surface area contributed by atoms with Gasteiger partial charge >= 0.3 is 0 Å². The van der Waals surface area contributed by atoms with Gasteiger partial charge in [0.05, 0.1) is 17.8 Å². The first-order chi connectivity index (χ1) is 14.0. The van der Waals surface area contributed by atoms with Crippen LogP contribution in [0.3, 0.4) is 0 Å². The van der Waals surface area contributed by atoms with Crippen molar-refractivity contribution >= 4 is 0 Å². The van der Waals surface area contributed by atoms with Gasteiger partial charge in [-0.1, -0.05) is 45.3 Å². The molecule has 30 heavy (non-hydrogen) atoms. The Kier molecular flexibility index (Phi) is 5.99. The Labute approximate surface area is 184 Å². The molecule has 5 unspecified atom stereocenters. The first-order valence-corrected chi connectivity index (χ1v) is 12.8. The summed E-state index contributed by atoms with van der Waals surface area (Å²) in [5.74, 6) is 3.01. The molecule has 3 heteroatoms. The van der Waals surface area contributed by atoms with Gasteiger partial charge in [-0.15, -0.1) is 0 Å². The van der Waals surface area contributed by atoms with Gasteiger partial charge in [0.15, 0.2) is 0 Å². The monoisotopic (exact) mass is 418 g/mol. The summed E-state index contributed by atoms with van der Waals surface area (Å²) in [4.78, 5) is 0. The standard InChI is InChI=1S/C27H46O3/c1-17(7-6-12-25(2,3)30)20-8-9-21-24-22(11-14-27(20,21)5)26(4)13-10-19(28)15-18(26)16-23(24)29/h16-17,19-24,28-30H,6-15H2,1-5H3/t17-,19?,20?,21+,22?,23-,24?,26?,27-/m1/s1. The van der Waals surface area contributed by atoms with E-state index in [1.54, 1.807) is 0 Å². The molecule has 0 bridgehead atoms. The molecule has 4 aliphatic carbocycles. The van der Waals surface area contributed by atoms with Gasteiger partial charge in [-0.25, -0.2) is 0 Å². The Balaban J connectivity index is 1.52. The molecule has 3 N–H and O–H groups in total. The minimum Gasteiger partial charge on any atom is -0.393 e. The molecular weight excluding hydrogens is 372 g/mol. The van der Waals surface area contributed by atoms with Crippen molar-refractivity contribution in [2.24, 2.45) is 40.4 Å². The number of aliphatic hydroxyl groups excluding tert-OH is 2. The lowest BCUT2D eigenvalue weighted by atomic mass is 9.46. The number of hydrogen-bond donors (Lipinski definition) is 3. The van der Waals surface area contributed by atoms with Crippen LogP contribution in [-0.4, -0.2) is 33.1 Å². The molecule has 0 saturated heterocycles. The van der Waals surface area contributed by atoms with Gasteiger partial charge in [-0.3, -0.25) is 0 Å². The minimum atomic E-state index is -0.556. The van der Waals surface area contributed by atoms with Crippen molar-refractivity contribution in [3.8, 4) is 0 Å². The van der Waals surface area contributed by atoms with E-state index in [0.717, 1.165) is 38.0 Å². The Morgan fingerprint density at radius 2 is 1.80 bits per heavy atom. The topological polar surface area (TPSA) is 60.7 Å². The van der Waals surface area contributed by atoms with E-state index in [1.807, 2.05) is 13.8 Å². The summed E-state index contributed by atoms with van der Waals surface area (Å²) in [6, 6.07) is 0. The zero-order valence-corrected chi connectivity index (χ0v) is 20.0. The summed E-state index contributed by atoms with van der Waals surface area (Å²) < 4.78 is 0. The van der Waals surface area contributed by atoms with Crippen LogP contribution in [0, 0.1) is 40.4 Å². The van der Waals surface area contributed by atoms with E-state index in [9.17, 15) is 15.3 Å². The highest BCUT2D eigenvalue weighted by Gasteiger charge is 2.61. The predicted molar refractivity (Wildman–Crippen MR) is 122 cm³/mol. The summed E-state index contributed by atoms with van der Waals surface area (Å²) in [7, 11) is 0. The lowest BCUT2D eigenvalue weighted by molar-refractivity contribution is -0.0971. The van der Waals surface area contributed by atoms with Crippen LogP contribution in [0.2, 0.25) is 0 Å². The van der Waals surface area contributed by atoms with Gasteiger partial charge in [-0.2, -0.15) is 0 Å². The summed E-state index contributed by atoms with van der Waals surface area (Å²) in [6.45, 7) is 11.2. The Bertz CT molecular complexity index is 664. The zero-order valence-electron chi connectivity index (χ0n) is 20.0. The predicted octanol–water partition coefficient (Wildman–Crippen LogP) is 5.47. The van der Waals surface area contributed by atoms with Gasteiger partial charge in [0.2, 0.25) is 0 Å². The summed E-state index contributed by atoms with van der Waals surface area (Å²) in [6.07, 6.45) is 12.6. The van der Waals surface area contributed by atoms with Crippen molar-refractivity contribution in [1.82, 2.24) is 0 Å². The second kappa shape index (κ2) is 7.89. The molecule has 0 aromatic heterocycles. The Hall–Kier alpha value is -0.380. The van der Waals surface area contributed by atoms with Gasteiger partial charge < -0.3 is 15.3 Å². The summed E-state index contributed by atoms with van der Waals surface area (Å²) >= 11 is 0. The van der Waals surface area contributed by atoms with Crippen LogP contribution in [0.15, 0.2) is 11.6 Å². The van der Waals surface area contributed by atoms with Crippen LogP contribution >= 0.6 is 0 Å². The Morgan fingerprint density at radius 3 is 2.50 bits per heavy atom. The third kappa shape index (κ3) is 3.82. The number of rotatable bonds is 5. The van der Waals surface area contributed by atoms with E-state index < -0.39 is 5.60 Å². The van der Waals surface area contributed by atoms with E-state index >= 15 is 0 Å². The highest BCUT2D eigenvalue weighted by atomic mass is 16.3. The zero-order chi connectivity index (χ0) is 21.9. The van der Waals surface area contributed by atoms with Gasteiger partial charge in [0.1, 0.15) is 0 Å². The van der Waals surface area contributed by atoms with E-state index in [1.165, 1.54) is 37.7 Å². The van der Waals surface area contributed by atoms with Gasteiger partial charge in [0.25, 0.3) is 0 Å². The van der Waals surface area contributed by atoms with E-state index in [0.29, 0.717) is 29.1 Å². The van der Waals surface area contributed by atoms with Crippen molar-refractivity contribution in [2.75, 3.05) is 0 Å². The third-order valence-corrected chi connectivity index (χ3v) is 10.3. The summed E-state index contributed by atoms with van der Waals surface area (Å²) in [5, 5.41) is 31.6. The smallest absolute Gasteiger partial charge is 0.0757 e. The average Bonchev–Trinajstić information content (AvgIpc) is 2.99. The number of fused-ring (bicyclic) bond motifs is 5. The van der Waals surface area contributed by atoms with E-state index in [-0.39, 0.29) is 17.6 Å². The molecule has 0 aromatic carbocycles. The van der Waals surface area contributed by atoms with Crippen LogP contribution in [0.25, 0.3) is 0 Å². The largest absolute Gasteiger partial charge is 0.393 e. The molecule has 0 heterocycles. The highest BCUT2D eigenvalue weighted by molar-refractivity contribution is 5.27. The number of hydrogen-bond acceptors (Lipinski definition) is 3. The lowest BCUT2D eigenvalue weighted by Crippen LogP contribution is -2.54. The van der Waals surface area contributed by atoms with E-state index in [2.05, 4.69) is 26.8 Å². The van der Waals surface area contributed by atoms with Crippen molar-refractivity contribution in [2.45, 2.75) is 117 Å². The van der Waals surface area contributed by atoms with Crippen LogP contribution in [0.4, 0.5) is 0 Å². The maximum absolute atomic E-state index is 11.3. The molecule has 172 valence electrons. The fourth-order valence-corrected chi connectivity index (χ4v) is 8.66. The fraction of sp³-hybridized carbons (Fsp3) is 0.926. The van der Waals surface area contributed by atoms with Gasteiger partial charge in [-0.05, 0) is 106 Å². The first kappa shape index (κ1) is 22.8. The molecular formula is C27H46O3. The molecule has 4 rings (SSSR count). The molecule has 0 radical (unpaired) electrons. The first-order valence-electron chi connectivity index (χ1n) is 12.8. The average molecular weight is 419 g/mol. The van der Waals surface area contributed by atoms with Crippen molar-refractivity contribution in [3.63, 3.8) is 0 Å². The second-order valence-electron chi connectivity index (χ2n) is 12.7. The maximum atomic E-state index is 11.3. The van der Waals surface area contributed by atoms with Gasteiger partial charge in [0, 0.05) is 0 Å². The lowest BCUT2D eigenvalue weighted by Gasteiger charge is -2.59. The van der Waals surface area contributed by atoms with Crippen LogP contribution in [0.1, 0.15) is 98.8 Å². The van der Waals surface area contributed by atoms with Crippen LogP contribution in [-0.2, 0) is 0 Å². The van der Waals surface area contributed by atoms with E-state index in [4.69, 9.17) is 0 Å². The molecule has 0 aliphatic heterocycles. The quantitative estimate of drug-likeness (QED) is 0.519. The Morgan fingerprint density at radius 1 is 1.07 bits per heavy atom. The molecule has 3 fully saturated rings. The highest BCUT2D eigenvalue weighted by Crippen LogP contribution is 2.67. The molecule has 9 atom stereocenters. The normalized spacial score (nSPS) is 47.1. The van der Waals surface area contributed by atoms with Crippen LogP contribution in [0.5, 0.6) is 0 Å². The molecule has 0 aromatic rings. The summed E-state index contributed by atoms with van der Waals surface area (Å²) in [5.41, 5.74) is 1.31. The third-order valence-electron chi connectivity index (χ3n) is 10.3. The molecule has 0 amide bonds. The van der Waals surface area contributed by atoms with Crippen molar-refractivity contribution in [1.29, 1.82) is 0 Å². The molecule has 4 aliphatic rings. The molecule has 0 spiro atoms. The molecule has 3 nitrogen and oxygen atoms in total. The van der Waals surface area contributed by atoms with Crippen molar-refractivity contribution in [3.05, 3.63) is 11.6 Å². The SMILES string of the molecule is C[C@H](CCCC(C)(C)O)C1CC[C@H]2C3C(CC[C@]12C)C1(C)CCC(O)CC1=C[C@H]3O. The fourth-order valence-electron chi connectivity index (χ4n) is 8.66. The second-order valence-corrected chi connectivity index (χ2v) is 12.7. The molecule has 3 saturated carbocycles. The van der Waals surface area contributed by atoms with Crippen molar-refractivity contribution < 1.29 is 15.3 Å². The minimum absolute atomic E-state index is 0.181. The van der Waals surface area contributed by atoms with Crippen LogP contribution < -0.4 is 0 Å².